The molecule has 2 heteroatoms. The second-order valence-electron chi connectivity index (χ2n) is 8.10. The number of aldehydes is 1. The Balaban J connectivity index is 1.54. The zero-order valence-corrected chi connectivity index (χ0v) is 15.8. The van der Waals surface area contributed by atoms with Crippen molar-refractivity contribution in [1.82, 2.24) is 0 Å². The summed E-state index contributed by atoms with van der Waals surface area (Å²) in [6, 6.07) is 6.40. The van der Waals surface area contributed by atoms with Gasteiger partial charge in [-0.3, -0.25) is 4.79 Å². The zero-order valence-electron chi connectivity index (χ0n) is 15.8. The first-order chi connectivity index (χ1) is 12.3. The molecule has 0 radical (unpaired) electrons. The van der Waals surface area contributed by atoms with Gasteiger partial charge in [0.25, 0.3) is 0 Å². The van der Waals surface area contributed by atoms with Gasteiger partial charge in [0.2, 0.25) is 0 Å². The van der Waals surface area contributed by atoms with Crippen LogP contribution in [0.15, 0.2) is 18.2 Å². The van der Waals surface area contributed by atoms with Crippen LogP contribution in [-0.4, -0.2) is 12.9 Å². The molecule has 1 saturated carbocycles. The van der Waals surface area contributed by atoms with Crippen LogP contribution in [0.1, 0.15) is 75.8 Å². The lowest BCUT2D eigenvalue weighted by atomic mass is 9.73. The Morgan fingerprint density at radius 1 is 1.08 bits per heavy atom. The van der Waals surface area contributed by atoms with Crippen molar-refractivity contribution in [2.75, 3.05) is 6.61 Å². The summed E-state index contributed by atoms with van der Waals surface area (Å²) in [4.78, 5) is 10.6. The van der Waals surface area contributed by atoms with Gasteiger partial charge in [0.1, 0.15) is 12.4 Å². The van der Waals surface area contributed by atoms with Crippen LogP contribution < -0.4 is 4.74 Å². The van der Waals surface area contributed by atoms with Gasteiger partial charge in [0.15, 0.2) is 6.29 Å². The van der Waals surface area contributed by atoms with E-state index in [0.717, 1.165) is 36.2 Å². The van der Waals surface area contributed by atoms with Crippen LogP contribution in [0.25, 0.3) is 0 Å². The molecule has 1 aromatic rings. The molecule has 0 aliphatic heterocycles. The average molecular weight is 343 g/mol. The molecule has 25 heavy (non-hydrogen) atoms. The molecule has 0 heterocycles. The number of unbranched alkanes of at least 4 members (excludes halogenated alkanes) is 5. The molecule has 3 atom stereocenters. The predicted octanol–water partition coefficient (Wildman–Crippen LogP) is 5.76. The topological polar surface area (TPSA) is 26.3 Å². The Labute approximate surface area is 153 Å². The molecule has 1 fully saturated rings. The lowest BCUT2D eigenvalue weighted by molar-refractivity contribution is -0.109. The first-order valence-corrected chi connectivity index (χ1v) is 10.5. The quantitative estimate of drug-likeness (QED) is 0.399. The Hall–Kier alpha value is -1.31. The molecule has 0 bridgehead atoms. The highest BCUT2D eigenvalue weighted by molar-refractivity contribution is 5.52. The number of hydrogen-bond donors (Lipinski definition) is 0. The molecule has 2 nitrogen and oxygen atoms in total. The van der Waals surface area contributed by atoms with E-state index >= 15 is 0 Å². The normalized spacial score (nSPS) is 24.6. The first kappa shape index (κ1) is 18.5. The zero-order chi connectivity index (χ0) is 17.5. The molecular formula is C23H34O2. The maximum Gasteiger partial charge on any atom is 0.157 e. The molecule has 0 unspecified atom stereocenters. The standard InChI is InChI=1S/C23H34O2/c1-2-3-4-5-6-7-9-18-12-13-20-17-22-19(16-21(18)20)10-8-11-23(22)25-15-14-24/h8,10-11,14,18,20-21H,2-7,9,12-13,15-17H2,1H3/t18-,20+,21+/m0/s1. The average Bonchev–Trinajstić information content (AvgIpc) is 3.03. The number of carbonyl (C=O) groups excluding carboxylic acids is 1. The van der Waals surface area contributed by atoms with Crippen LogP contribution in [0, 0.1) is 17.8 Å². The van der Waals surface area contributed by atoms with Crippen LogP contribution in [0.2, 0.25) is 0 Å². The summed E-state index contributed by atoms with van der Waals surface area (Å²) >= 11 is 0. The van der Waals surface area contributed by atoms with Crippen LogP contribution >= 0.6 is 0 Å². The van der Waals surface area contributed by atoms with Gasteiger partial charge in [-0.25, -0.2) is 0 Å². The van der Waals surface area contributed by atoms with Gasteiger partial charge < -0.3 is 4.74 Å². The summed E-state index contributed by atoms with van der Waals surface area (Å²) in [6.45, 7) is 2.46. The van der Waals surface area contributed by atoms with E-state index in [1.165, 1.54) is 75.3 Å². The van der Waals surface area contributed by atoms with Crippen molar-refractivity contribution in [2.45, 2.75) is 77.6 Å². The fourth-order valence-corrected chi connectivity index (χ4v) is 5.18. The molecular weight excluding hydrogens is 308 g/mol. The number of ether oxygens (including phenoxy) is 1. The first-order valence-electron chi connectivity index (χ1n) is 10.5. The number of benzene rings is 1. The number of carbonyl (C=O) groups is 1. The highest BCUT2D eigenvalue weighted by Gasteiger charge is 2.39. The monoisotopic (exact) mass is 342 g/mol. The fourth-order valence-electron chi connectivity index (χ4n) is 5.18. The minimum Gasteiger partial charge on any atom is -0.486 e. The van der Waals surface area contributed by atoms with Crippen molar-refractivity contribution in [2.24, 2.45) is 17.8 Å². The largest absolute Gasteiger partial charge is 0.486 e. The highest BCUT2D eigenvalue weighted by atomic mass is 16.5. The Kier molecular flexibility index (Phi) is 6.95. The van der Waals surface area contributed by atoms with Gasteiger partial charge in [-0.15, -0.1) is 0 Å². The van der Waals surface area contributed by atoms with Gasteiger partial charge in [-0.05, 0) is 60.6 Å². The number of rotatable bonds is 10. The minimum absolute atomic E-state index is 0.172. The van der Waals surface area contributed by atoms with E-state index in [9.17, 15) is 4.79 Å². The molecule has 1 aromatic carbocycles. The summed E-state index contributed by atoms with van der Waals surface area (Å²) in [5.41, 5.74) is 2.85. The van der Waals surface area contributed by atoms with Crippen molar-refractivity contribution in [1.29, 1.82) is 0 Å². The van der Waals surface area contributed by atoms with Crippen LogP contribution in [0.5, 0.6) is 5.75 Å². The van der Waals surface area contributed by atoms with E-state index in [-0.39, 0.29) is 6.61 Å². The second kappa shape index (κ2) is 9.40. The Morgan fingerprint density at radius 2 is 1.92 bits per heavy atom. The fraction of sp³-hybridized carbons (Fsp3) is 0.696. The van der Waals surface area contributed by atoms with Crippen LogP contribution in [-0.2, 0) is 17.6 Å². The third kappa shape index (κ3) is 4.65. The summed E-state index contributed by atoms with van der Waals surface area (Å²) in [6.07, 6.45) is 15.9. The predicted molar refractivity (Wildman–Crippen MR) is 103 cm³/mol. The molecule has 0 aromatic heterocycles. The van der Waals surface area contributed by atoms with Crippen molar-refractivity contribution in [3.63, 3.8) is 0 Å². The van der Waals surface area contributed by atoms with Crippen LogP contribution in [0.3, 0.4) is 0 Å². The van der Waals surface area contributed by atoms with E-state index in [4.69, 9.17) is 4.74 Å². The van der Waals surface area contributed by atoms with Gasteiger partial charge in [-0.1, -0.05) is 64.0 Å². The van der Waals surface area contributed by atoms with Crippen LogP contribution in [0.4, 0.5) is 0 Å². The summed E-state index contributed by atoms with van der Waals surface area (Å²) in [7, 11) is 0. The Bertz CT molecular complexity index is 551. The second-order valence-corrected chi connectivity index (χ2v) is 8.10. The van der Waals surface area contributed by atoms with Crippen molar-refractivity contribution >= 4 is 6.29 Å². The van der Waals surface area contributed by atoms with E-state index in [1.54, 1.807) is 0 Å². The Morgan fingerprint density at radius 3 is 2.76 bits per heavy atom. The number of fused-ring (bicyclic) bond motifs is 2. The summed E-state index contributed by atoms with van der Waals surface area (Å²) in [5, 5.41) is 0. The molecule has 0 amide bonds. The molecule has 0 saturated heterocycles. The SMILES string of the molecule is CCCCCCCC[C@H]1CC[C@@H]2Cc3c(cccc3OCC=O)C[C@H]12. The summed E-state index contributed by atoms with van der Waals surface area (Å²) in [5.74, 6) is 3.59. The van der Waals surface area contributed by atoms with Crippen molar-refractivity contribution < 1.29 is 9.53 Å². The smallest absolute Gasteiger partial charge is 0.157 e. The third-order valence-corrected chi connectivity index (χ3v) is 6.51. The highest BCUT2D eigenvalue weighted by Crippen LogP contribution is 2.48. The van der Waals surface area contributed by atoms with E-state index in [2.05, 4.69) is 19.1 Å². The third-order valence-electron chi connectivity index (χ3n) is 6.51. The van der Waals surface area contributed by atoms with E-state index < -0.39 is 0 Å². The van der Waals surface area contributed by atoms with Gasteiger partial charge >= 0.3 is 0 Å². The van der Waals surface area contributed by atoms with E-state index in [0.29, 0.717) is 0 Å². The maximum atomic E-state index is 10.6. The van der Waals surface area contributed by atoms with Gasteiger partial charge in [0.05, 0.1) is 0 Å². The van der Waals surface area contributed by atoms with Gasteiger partial charge in [0, 0.05) is 0 Å². The lowest BCUT2D eigenvalue weighted by Gasteiger charge is -2.32. The van der Waals surface area contributed by atoms with Crippen molar-refractivity contribution in [3.05, 3.63) is 29.3 Å². The molecule has 138 valence electrons. The molecule has 0 N–H and O–H groups in total. The summed E-state index contributed by atoms with van der Waals surface area (Å²) < 4.78 is 5.67. The lowest BCUT2D eigenvalue weighted by Crippen LogP contribution is -2.25. The molecule has 3 rings (SSSR count). The molecule has 2 aliphatic carbocycles. The minimum atomic E-state index is 0.172. The van der Waals surface area contributed by atoms with Crippen molar-refractivity contribution in [3.8, 4) is 5.75 Å². The molecule has 0 spiro atoms. The van der Waals surface area contributed by atoms with Gasteiger partial charge in [-0.2, -0.15) is 0 Å². The van der Waals surface area contributed by atoms with E-state index in [1.807, 2.05) is 6.07 Å². The number of hydrogen-bond acceptors (Lipinski definition) is 2. The molecule has 2 aliphatic rings. The maximum absolute atomic E-state index is 10.6.